The molecule has 0 spiro atoms. The van der Waals surface area contributed by atoms with Crippen LogP contribution in [0.15, 0.2) is 21.5 Å². The van der Waals surface area contributed by atoms with E-state index in [9.17, 15) is 9.59 Å². The van der Waals surface area contributed by atoms with Crippen LogP contribution in [0.25, 0.3) is 10.1 Å². The van der Waals surface area contributed by atoms with Crippen molar-refractivity contribution in [1.29, 1.82) is 0 Å². The molecule has 0 radical (unpaired) electrons. The summed E-state index contributed by atoms with van der Waals surface area (Å²) >= 11 is 5.06. The molecule has 8 heteroatoms. The van der Waals surface area contributed by atoms with Gasteiger partial charge in [-0.25, -0.2) is 4.79 Å². The van der Waals surface area contributed by atoms with Gasteiger partial charge in [-0.05, 0) is 35.0 Å². The van der Waals surface area contributed by atoms with E-state index in [4.69, 9.17) is 5.11 Å². The van der Waals surface area contributed by atoms with Crippen molar-refractivity contribution in [3.8, 4) is 0 Å². The average Bonchev–Trinajstić information content (AvgIpc) is 2.85. The van der Waals surface area contributed by atoms with E-state index in [-0.39, 0.29) is 5.56 Å². The molecule has 2 aromatic rings. The molecule has 0 atom stereocenters. The molecule has 2 aromatic heterocycles. The summed E-state index contributed by atoms with van der Waals surface area (Å²) in [6.45, 7) is 1.82. The van der Waals surface area contributed by atoms with Gasteiger partial charge in [-0.1, -0.05) is 0 Å². The number of fused-ring (bicyclic) bond motifs is 1. The normalized spacial score (nSPS) is 11.0. The first kappa shape index (κ1) is 16.0. The van der Waals surface area contributed by atoms with Crippen LogP contribution in [-0.4, -0.2) is 28.9 Å². The highest BCUT2D eigenvalue weighted by atomic mass is 79.9. The molecule has 0 aromatic carbocycles. The standard InChI is InChI=1S/C13H16BrN3O3S/c1-17-7-10(14)11-9(12(17)18)5-8(21-11)6-15-3-2-4-16-13(19)20/h5,7,15-16H,2-4,6H2,1H3,(H,19,20). The molecular formula is C13H16BrN3O3S. The lowest BCUT2D eigenvalue weighted by Crippen LogP contribution is -2.25. The summed E-state index contributed by atoms with van der Waals surface area (Å²) < 4.78 is 3.44. The molecule has 6 nitrogen and oxygen atoms in total. The van der Waals surface area contributed by atoms with Crippen molar-refractivity contribution in [1.82, 2.24) is 15.2 Å². The molecule has 2 rings (SSSR count). The van der Waals surface area contributed by atoms with Crippen molar-refractivity contribution >= 4 is 43.4 Å². The summed E-state index contributed by atoms with van der Waals surface area (Å²) in [5, 5.41) is 14.7. The molecule has 0 saturated heterocycles. The maximum absolute atomic E-state index is 12.0. The number of carboxylic acid groups (broad SMARTS) is 1. The predicted octanol–water partition coefficient (Wildman–Crippen LogP) is 2.11. The molecule has 0 unspecified atom stereocenters. The van der Waals surface area contributed by atoms with Crippen molar-refractivity contribution in [3.63, 3.8) is 0 Å². The Morgan fingerprint density at radius 1 is 1.48 bits per heavy atom. The molecule has 3 N–H and O–H groups in total. The minimum absolute atomic E-state index is 0.00126. The Morgan fingerprint density at radius 2 is 2.24 bits per heavy atom. The fourth-order valence-corrected chi connectivity index (χ4v) is 3.75. The zero-order chi connectivity index (χ0) is 15.4. The molecule has 0 aliphatic carbocycles. The second-order valence-electron chi connectivity index (χ2n) is 4.61. The van der Waals surface area contributed by atoms with Crippen LogP contribution < -0.4 is 16.2 Å². The Morgan fingerprint density at radius 3 is 2.95 bits per heavy atom. The summed E-state index contributed by atoms with van der Waals surface area (Å²) in [5.41, 5.74) is 0.00126. The van der Waals surface area contributed by atoms with E-state index in [2.05, 4.69) is 26.6 Å². The third-order valence-electron chi connectivity index (χ3n) is 2.96. The van der Waals surface area contributed by atoms with E-state index in [0.717, 1.165) is 25.9 Å². The van der Waals surface area contributed by atoms with Crippen LogP contribution in [0.4, 0.5) is 4.79 Å². The Balaban J connectivity index is 1.95. The van der Waals surface area contributed by atoms with Crippen LogP contribution in [0.1, 0.15) is 11.3 Å². The number of nitrogens with zero attached hydrogens (tertiary/aromatic N) is 1. The maximum atomic E-state index is 12.0. The highest BCUT2D eigenvalue weighted by molar-refractivity contribution is 9.10. The summed E-state index contributed by atoms with van der Waals surface area (Å²) in [7, 11) is 1.73. The van der Waals surface area contributed by atoms with Gasteiger partial charge in [0.25, 0.3) is 5.56 Å². The lowest BCUT2D eigenvalue weighted by Gasteiger charge is -2.02. The molecule has 0 aliphatic heterocycles. The number of pyridine rings is 1. The molecule has 0 aliphatic rings. The van der Waals surface area contributed by atoms with Crippen molar-refractivity contribution in [2.45, 2.75) is 13.0 Å². The molecule has 0 fully saturated rings. The zero-order valence-corrected chi connectivity index (χ0v) is 13.9. The van der Waals surface area contributed by atoms with Crippen LogP contribution >= 0.6 is 27.3 Å². The van der Waals surface area contributed by atoms with Crippen molar-refractivity contribution in [3.05, 3.63) is 32.0 Å². The van der Waals surface area contributed by atoms with Gasteiger partial charge in [-0.3, -0.25) is 4.79 Å². The van der Waals surface area contributed by atoms with Crippen LogP contribution in [-0.2, 0) is 13.6 Å². The van der Waals surface area contributed by atoms with E-state index < -0.39 is 6.09 Å². The number of rotatable bonds is 6. The number of aromatic nitrogens is 1. The molecule has 0 saturated carbocycles. The number of nitrogens with one attached hydrogen (secondary N) is 2. The Kier molecular flexibility index (Phi) is 5.38. The molecular weight excluding hydrogens is 358 g/mol. The molecule has 1 amide bonds. The van der Waals surface area contributed by atoms with E-state index in [1.165, 1.54) is 0 Å². The largest absolute Gasteiger partial charge is 0.465 e. The van der Waals surface area contributed by atoms with Gasteiger partial charge in [-0.15, -0.1) is 11.3 Å². The summed E-state index contributed by atoms with van der Waals surface area (Å²) in [6.07, 6.45) is 1.50. The molecule has 2 heterocycles. The lowest BCUT2D eigenvalue weighted by molar-refractivity contribution is 0.194. The summed E-state index contributed by atoms with van der Waals surface area (Å²) in [5.74, 6) is 0. The summed E-state index contributed by atoms with van der Waals surface area (Å²) in [6, 6.07) is 1.91. The van der Waals surface area contributed by atoms with Gasteiger partial charge in [0.1, 0.15) is 0 Å². The minimum atomic E-state index is -1.000. The SMILES string of the molecule is Cn1cc(Br)c2sc(CNCCCNC(=O)O)cc2c1=O. The highest BCUT2D eigenvalue weighted by Gasteiger charge is 2.10. The van der Waals surface area contributed by atoms with Gasteiger partial charge in [0.15, 0.2) is 0 Å². The van der Waals surface area contributed by atoms with E-state index in [1.54, 1.807) is 29.1 Å². The van der Waals surface area contributed by atoms with Gasteiger partial charge in [0.05, 0.1) is 14.6 Å². The third-order valence-corrected chi connectivity index (χ3v) is 5.00. The summed E-state index contributed by atoms with van der Waals surface area (Å²) in [4.78, 5) is 23.4. The topological polar surface area (TPSA) is 83.4 Å². The number of carbonyl (C=O) groups is 1. The molecule has 0 bridgehead atoms. The van der Waals surface area contributed by atoms with Crippen LogP contribution in [0.5, 0.6) is 0 Å². The maximum Gasteiger partial charge on any atom is 0.404 e. The highest BCUT2D eigenvalue weighted by Crippen LogP contribution is 2.29. The number of amides is 1. The smallest absolute Gasteiger partial charge is 0.404 e. The van der Waals surface area contributed by atoms with Crippen molar-refractivity contribution < 1.29 is 9.90 Å². The average molecular weight is 374 g/mol. The van der Waals surface area contributed by atoms with Crippen molar-refractivity contribution in [2.75, 3.05) is 13.1 Å². The molecule has 21 heavy (non-hydrogen) atoms. The number of hydrogen-bond acceptors (Lipinski definition) is 4. The second-order valence-corrected chi connectivity index (χ2v) is 6.60. The van der Waals surface area contributed by atoms with Crippen LogP contribution in [0, 0.1) is 0 Å². The van der Waals surface area contributed by atoms with Crippen molar-refractivity contribution in [2.24, 2.45) is 7.05 Å². The quantitative estimate of drug-likeness (QED) is 0.677. The van der Waals surface area contributed by atoms with Gasteiger partial charge < -0.3 is 20.3 Å². The van der Waals surface area contributed by atoms with Gasteiger partial charge in [-0.2, -0.15) is 0 Å². The predicted molar refractivity (Wildman–Crippen MR) is 87.1 cm³/mol. The van der Waals surface area contributed by atoms with Crippen LogP contribution in [0.2, 0.25) is 0 Å². The second kappa shape index (κ2) is 7.06. The molecule has 114 valence electrons. The van der Waals surface area contributed by atoms with E-state index in [0.29, 0.717) is 19.6 Å². The van der Waals surface area contributed by atoms with Gasteiger partial charge in [0, 0.05) is 31.2 Å². The van der Waals surface area contributed by atoms with Gasteiger partial charge >= 0.3 is 6.09 Å². The monoisotopic (exact) mass is 373 g/mol. The first-order chi connectivity index (χ1) is 9.99. The van der Waals surface area contributed by atoms with E-state index >= 15 is 0 Å². The number of thiophene rings is 1. The minimum Gasteiger partial charge on any atom is -0.465 e. The lowest BCUT2D eigenvalue weighted by atomic mass is 10.3. The number of aryl methyl sites for hydroxylation is 1. The first-order valence-corrected chi connectivity index (χ1v) is 8.05. The Labute approximate surface area is 133 Å². The zero-order valence-electron chi connectivity index (χ0n) is 11.5. The van der Waals surface area contributed by atoms with E-state index in [1.807, 2.05) is 6.07 Å². The third kappa shape index (κ3) is 4.05. The van der Waals surface area contributed by atoms with Gasteiger partial charge in [0.2, 0.25) is 0 Å². The fourth-order valence-electron chi connectivity index (χ4n) is 1.96. The Hall–Kier alpha value is -1.38. The first-order valence-electron chi connectivity index (χ1n) is 6.44. The number of hydrogen-bond donors (Lipinski definition) is 3. The fraction of sp³-hybridized carbons (Fsp3) is 0.385. The van der Waals surface area contributed by atoms with Crippen LogP contribution in [0.3, 0.4) is 0 Å². The number of halogens is 1. The Bertz CT molecular complexity index is 710.